The maximum absolute atomic E-state index is 12.8. The van der Waals surface area contributed by atoms with Gasteiger partial charge in [-0.25, -0.2) is 0 Å². The third kappa shape index (κ3) is 5.31. The predicted molar refractivity (Wildman–Crippen MR) is 117 cm³/mol. The number of amides is 2. The van der Waals surface area contributed by atoms with Crippen LogP contribution in [0.2, 0.25) is 0 Å². The predicted octanol–water partition coefficient (Wildman–Crippen LogP) is 2.94. The standard InChI is InChI=1S/C22H23N3O5S/c1-15(22(28)24-10-8-23(9-11-24)16(2)27)18-6-7-21(20(13-18)25(29)30)31-19-5-3-4-17(12-19)14-26/h3-7,12-13,26H,1,8-11,14H2,2H3. The van der Waals surface area contributed by atoms with Crippen LogP contribution >= 0.6 is 11.8 Å². The quantitative estimate of drug-likeness (QED) is 0.420. The van der Waals surface area contributed by atoms with Gasteiger partial charge in [-0.1, -0.05) is 36.5 Å². The van der Waals surface area contributed by atoms with Gasteiger partial charge in [-0.2, -0.15) is 0 Å². The highest BCUT2D eigenvalue weighted by molar-refractivity contribution is 7.99. The van der Waals surface area contributed by atoms with Crippen molar-refractivity contribution in [2.75, 3.05) is 26.2 Å². The van der Waals surface area contributed by atoms with Crippen LogP contribution in [0, 0.1) is 10.1 Å². The minimum absolute atomic E-state index is 0.0286. The normalized spacial score (nSPS) is 13.7. The monoisotopic (exact) mass is 441 g/mol. The van der Waals surface area contributed by atoms with E-state index < -0.39 is 4.92 Å². The molecule has 0 saturated carbocycles. The van der Waals surface area contributed by atoms with Gasteiger partial charge in [0, 0.05) is 49.6 Å². The smallest absolute Gasteiger partial charge is 0.283 e. The minimum Gasteiger partial charge on any atom is -0.392 e. The maximum atomic E-state index is 12.8. The van der Waals surface area contributed by atoms with Crippen molar-refractivity contribution in [2.45, 2.75) is 23.3 Å². The van der Waals surface area contributed by atoms with E-state index in [0.717, 1.165) is 4.90 Å². The molecule has 1 heterocycles. The van der Waals surface area contributed by atoms with Gasteiger partial charge in [-0.15, -0.1) is 0 Å². The number of piperazine rings is 1. The molecule has 8 nitrogen and oxygen atoms in total. The number of benzene rings is 2. The third-order valence-electron chi connectivity index (χ3n) is 5.08. The zero-order valence-corrected chi connectivity index (χ0v) is 17.9. The summed E-state index contributed by atoms with van der Waals surface area (Å²) in [5, 5.41) is 21.0. The topological polar surface area (TPSA) is 104 Å². The van der Waals surface area contributed by atoms with Gasteiger partial charge in [0.05, 0.1) is 16.4 Å². The van der Waals surface area contributed by atoms with Gasteiger partial charge < -0.3 is 14.9 Å². The number of nitro benzene ring substituents is 1. The molecule has 0 bridgehead atoms. The molecule has 1 aliphatic heterocycles. The van der Waals surface area contributed by atoms with Gasteiger partial charge in [-0.05, 0) is 29.3 Å². The summed E-state index contributed by atoms with van der Waals surface area (Å²) in [6, 6.07) is 11.8. The molecule has 1 aliphatic rings. The fourth-order valence-corrected chi connectivity index (χ4v) is 4.29. The average molecular weight is 442 g/mol. The van der Waals surface area contributed by atoms with Gasteiger partial charge in [-0.3, -0.25) is 19.7 Å². The average Bonchev–Trinajstić information content (AvgIpc) is 2.78. The number of aliphatic hydroxyl groups is 1. The van der Waals surface area contributed by atoms with Gasteiger partial charge in [0.25, 0.3) is 11.6 Å². The van der Waals surface area contributed by atoms with E-state index in [1.165, 1.54) is 24.8 Å². The van der Waals surface area contributed by atoms with E-state index in [1.54, 1.807) is 40.1 Å². The molecule has 31 heavy (non-hydrogen) atoms. The molecule has 2 aromatic carbocycles. The molecule has 1 fully saturated rings. The highest BCUT2D eigenvalue weighted by atomic mass is 32.2. The van der Waals surface area contributed by atoms with Crippen LogP contribution in [0.15, 0.2) is 58.8 Å². The van der Waals surface area contributed by atoms with Crippen LogP contribution in [0.5, 0.6) is 0 Å². The fraction of sp³-hybridized carbons (Fsp3) is 0.273. The second-order valence-electron chi connectivity index (χ2n) is 7.12. The first-order chi connectivity index (χ1) is 14.8. The molecule has 3 rings (SSSR count). The molecule has 0 spiro atoms. The largest absolute Gasteiger partial charge is 0.392 e. The lowest BCUT2D eigenvalue weighted by Crippen LogP contribution is -2.50. The number of hydrogen-bond acceptors (Lipinski definition) is 6. The van der Waals surface area contributed by atoms with Crippen molar-refractivity contribution in [1.82, 2.24) is 9.80 Å². The Kier molecular flexibility index (Phi) is 7.09. The van der Waals surface area contributed by atoms with E-state index >= 15 is 0 Å². The summed E-state index contributed by atoms with van der Waals surface area (Å²) in [6.45, 7) is 6.95. The molecule has 2 amide bonds. The van der Waals surface area contributed by atoms with Gasteiger partial charge >= 0.3 is 0 Å². The Labute approximate surface area is 184 Å². The summed E-state index contributed by atoms with van der Waals surface area (Å²) >= 11 is 1.22. The number of nitro groups is 1. The Morgan fingerprint density at radius 2 is 1.81 bits per heavy atom. The zero-order valence-electron chi connectivity index (χ0n) is 17.1. The van der Waals surface area contributed by atoms with E-state index in [4.69, 9.17) is 0 Å². The molecule has 0 aliphatic carbocycles. The van der Waals surface area contributed by atoms with Crippen molar-refractivity contribution in [3.05, 3.63) is 70.3 Å². The van der Waals surface area contributed by atoms with Crippen molar-refractivity contribution in [2.24, 2.45) is 0 Å². The number of carbonyl (C=O) groups is 2. The molecule has 2 aromatic rings. The van der Waals surface area contributed by atoms with Crippen molar-refractivity contribution in [3.63, 3.8) is 0 Å². The highest BCUT2D eigenvalue weighted by Crippen LogP contribution is 2.37. The van der Waals surface area contributed by atoms with E-state index in [0.29, 0.717) is 42.2 Å². The second kappa shape index (κ2) is 9.76. The Hall–Kier alpha value is -3.17. The van der Waals surface area contributed by atoms with E-state index in [2.05, 4.69) is 6.58 Å². The third-order valence-corrected chi connectivity index (χ3v) is 6.14. The summed E-state index contributed by atoms with van der Waals surface area (Å²) < 4.78 is 0. The van der Waals surface area contributed by atoms with Crippen LogP contribution in [0.25, 0.3) is 5.57 Å². The molecule has 0 unspecified atom stereocenters. The molecule has 0 aromatic heterocycles. The van der Waals surface area contributed by atoms with Crippen molar-refractivity contribution < 1.29 is 19.6 Å². The van der Waals surface area contributed by atoms with Crippen LogP contribution in [0.4, 0.5) is 5.69 Å². The molecule has 162 valence electrons. The van der Waals surface area contributed by atoms with Crippen molar-refractivity contribution in [1.29, 1.82) is 0 Å². The number of hydrogen-bond donors (Lipinski definition) is 1. The van der Waals surface area contributed by atoms with Crippen molar-refractivity contribution >= 4 is 34.8 Å². The maximum Gasteiger partial charge on any atom is 0.283 e. The van der Waals surface area contributed by atoms with Crippen LogP contribution < -0.4 is 0 Å². The zero-order chi connectivity index (χ0) is 22.5. The lowest BCUT2D eigenvalue weighted by Gasteiger charge is -2.34. The van der Waals surface area contributed by atoms with Crippen LogP contribution in [0.1, 0.15) is 18.1 Å². The lowest BCUT2D eigenvalue weighted by molar-refractivity contribution is -0.387. The first kappa shape index (κ1) is 22.5. The molecule has 1 N–H and O–H groups in total. The fourth-order valence-electron chi connectivity index (χ4n) is 3.31. The summed E-state index contributed by atoms with van der Waals surface area (Å²) in [7, 11) is 0. The number of rotatable bonds is 6. The van der Waals surface area contributed by atoms with Crippen LogP contribution in [-0.4, -0.2) is 57.8 Å². The number of carbonyl (C=O) groups excluding carboxylic acids is 2. The summed E-state index contributed by atoms with van der Waals surface area (Å²) in [6.07, 6.45) is 0. The summed E-state index contributed by atoms with van der Waals surface area (Å²) in [5.41, 5.74) is 1.16. The SMILES string of the molecule is C=C(C(=O)N1CCN(C(C)=O)CC1)c1ccc(Sc2cccc(CO)c2)c([N+](=O)[O-])c1. The molecule has 0 radical (unpaired) electrons. The van der Waals surface area contributed by atoms with E-state index in [-0.39, 0.29) is 29.7 Å². The Bertz CT molecular complexity index is 1030. The Morgan fingerprint density at radius 1 is 1.13 bits per heavy atom. The first-order valence-corrected chi connectivity index (χ1v) is 10.5. The Balaban J connectivity index is 1.78. The van der Waals surface area contributed by atoms with E-state index in [1.807, 2.05) is 6.07 Å². The van der Waals surface area contributed by atoms with Crippen LogP contribution in [-0.2, 0) is 16.2 Å². The highest BCUT2D eigenvalue weighted by Gasteiger charge is 2.26. The second-order valence-corrected chi connectivity index (χ2v) is 8.24. The molecular formula is C22H23N3O5S. The first-order valence-electron chi connectivity index (χ1n) is 9.70. The van der Waals surface area contributed by atoms with Crippen LogP contribution in [0.3, 0.4) is 0 Å². The minimum atomic E-state index is -0.481. The molecule has 0 atom stereocenters. The summed E-state index contributed by atoms with van der Waals surface area (Å²) in [5.74, 6) is -0.326. The van der Waals surface area contributed by atoms with Gasteiger partial charge in [0.2, 0.25) is 5.91 Å². The summed E-state index contributed by atoms with van der Waals surface area (Å²) in [4.78, 5) is 40.0. The van der Waals surface area contributed by atoms with Crippen molar-refractivity contribution in [3.8, 4) is 0 Å². The van der Waals surface area contributed by atoms with E-state index in [9.17, 15) is 24.8 Å². The van der Waals surface area contributed by atoms with Gasteiger partial charge in [0.1, 0.15) is 0 Å². The molecular weight excluding hydrogens is 418 g/mol. The number of aliphatic hydroxyl groups excluding tert-OH is 1. The number of nitrogens with zero attached hydrogens (tertiary/aromatic N) is 3. The molecule has 1 saturated heterocycles. The molecule has 9 heteroatoms. The van der Waals surface area contributed by atoms with Gasteiger partial charge in [0.15, 0.2) is 0 Å². The lowest BCUT2D eigenvalue weighted by atomic mass is 10.1. The Morgan fingerprint density at radius 3 is 2.42 bits per heavy atom.